The summed E-state index contributed by atoms with van der Waals surface area (Å²) in [5.74, 6) is 0.648. The van der Waals surface area contributed by atoms with Crippen LogP contribution in [0.2, 0.25) is 0 Å². The maximum Gasteiger partial charge on any atom is 0.235 e. The van der Waals surface area contributed by atoms with Crippen LogP contribution in [0.4, 0.5) is 0 Å². The molecule has 0 radical (unpaired) electrons. The molecule has 5 heteroatoms. The summed E-state index contributed by atoms with van der Waals surface area (Å²) in [5.41, 5.74) is 14.4. The summed E-state index contributed by atoms with van der Waals surface area (Å²) in [5, 5.41) is 9.71. The van der Waals surface area contributed by atoms with E-state index in [2.05, 4.69) is 240 Å². The van der Waals surface area contributed by atoms with Gasteiger partial charge in [0.2, 0.25) is 5.95 Å². The van der Waals surface area contributed by atoms with Crippen LogP contribution in [0.1, 0.15) is 0 Å². The monoisotopic (exact) mass is 870 g/mol. The standard InChI is InChI=1S/C62H38N4S/c1-3-16-42(17-4-1)58-38-53-61(67-58)60(43-28-26-41(27-29-43)48-24-13-18-39-14-7-9-21-47(39)48)64-62(63-53)66-55-34-32-44(36-52(55)59-49-22-10-8-15-40(49)31-35-56(59)66)45-30-33-51-50-23-11-12-25-54(50)65(57(51)37-45)46-19-5-2-6-20-46/h1-38H. The van der Waals surface area contributed by atoms with Gasteiger partial charge in [-0.05, 0) is 97.9 Å². The van der Waals surface area contributed by atoms with Crippen molar-refractivity contribution in [2.45, 2.75) is 0 Å². The molecule has 0 N–H and O–H groups in total. The molecule has 4 heterocycles. The minimum absolute atomic E-state index is 0.648. The number of thiophene rings is 1. The molecule has 0 bridgehead atoms. The first-order chi connectivity index (χ1) is 33.2. The van der Waals surface area contributed by atoms with E-state index in [9.17, 15) is 0 Å². The normalized spacial score (nSPS) is 11.9. The molecular weight excluding hydrogens is 833 g/mol. The molecule has 312 valence electrons. The average Bonchev–Trinajstić information content (AvgIpc) is 4.09. The molecule has 14 aromatic rings. The Morgan fingerprint density at radius 2 is 0.955 bits per heavy atom. The maximum absolute atomic E-state index is 5.59. The SMILES string of the molecule is c1ccc(-c2cc3nc(-n4c5ccc(-c6ccc7c8ccccc8n(-c8ccccc8)c7c6)cc5c5c6ccccc6ccc54)nc(-c4ccc(-c5cccc6ccccc56)cc4)c3s2)cc1. The number of rotatable bonds is 6. The van der Waals surface area contributed by atoms with Gasteiger partial charge in [0.1, 0.15) is 0 Å². The van der Waals surface area contributed by atoms with Crippen molar-refractivity contribution in [2.24, 2.45) is 0 Å². The van der Waals surface area contributed by atoms with E-state index in [0.717, 1.165) is 59.6 Å². The molecule has 0 atom stereocenters. The number of benzene rings is 10. The molecule has 0 unspecified atom stereocenters. The lowest BCUT2D eigenvalue weighted by atomic mass is 9.97. The van der Waals surface area contributed by atoms with Crippen molar-refractivity contribution in [2.75, 3.05) is 0 Å². The molecule has 10 aromatic carbocycles. The Balaban J connectivity index is 0.985. The van der Waals surface area contributed by atoms with Crippen molar-refractivity contribution in [1.82, 2.24) is 19.1 Å². The molecule has 0 aliphatic carbocycles. The quantitative estimate of drug-likeness (QED) is 0.167. The Kier molecular flexibility index (Phi) is 8.42. The van der Waals surface area contributed by atoms with Gasteiger partial charge in [0.25, 0.3) is 0 Å². The number of nitrogens with zero attached hydrogens (tertiary/aromatic N) is 4. The first kappa shape index (κ1) is 37.7. The molecule has 0 aliphatic rings. The first-order valence-corrected chi connectivity index (χ1v) is 23.5. The zero-order chi connectivity index (χ0) is 44.0. The lowest BCUT2D eigenvalue weighted by Crippen LogP contribution is -2.02. The Morgan fingerprint density at radius 1 is 0.343 bits per heavy atom. The van der Waals surface area contributed by atoms with Crippen LogP contribution in [-0.2, 0) is 0 Å². The van der Waals surface area contributed by atoms with Crippen LogP contribution in [0.25, 0.3) is 131 Å². The topological polar surface area (TPSA) is 35.6 Å². The zero-order valence-electron chi connectivity index (χ0n) is 36.1. The van der Waals surface area contributed by atoms with E-state index < -0.39 is 0 Å². The number of hydrogen-bond donors (Lipinski definition) is 0. The highest BCUT2D eigenvalue weighted by Crippen LogP contribution is 2.43. The Hall–Kier alpha value is -8.64. The van der Waals surface area contributed by atoms with E-state index in [1.165, 1.54) is 65.4 Å². The van der Waals surface area contributed by atoms with Gasteiger partial charge in [-0.3, -0.25) is 4.57 Å². The van der Waals surface area contributed by atoms with E-state index in [4.69, 9.17) is 9.97 Å². The third-order valence-corrected chi connectivity index (χ3v) is 14.7. The third kappa shape index (κ3) is 5.99. The summed E-state index contributed by atoms with van der Waals surface area (Å²) in [6.45, 7) is 0. The largest absolute Gasteiger partial charge is 0.309 e. The van der Waals surface area contributed by atoms with Crippen LogP contribution < -0.4 is 0 Å². The fourth-order valence-electron chi connectivity index (χ4n) is 10.4. The predicted molar refractivity (Wildman–Crippen MR) is 283 cm³/mol. The molecule has 0 saturated heterocycles. The summed E-state index contributed by atoms with van der Waals surface area (Å²) in [7, 11) is 0. The summed E-state index contributed by atoms with van der Waals surface area (Å²) in [6.07, 6.45) is 0. The molecular formula is C62H38N4S. The van der Waals surface area contributed by atoms with E-state index in [-0.39, 0.29) is 0 Å². The number of para-hydroxylation sites is 2. The van der Waals surface area contributed by atoms with Crippen molar-refractivity contribution in [3.8, 4) is 55.6 Å². The second kappa shape index (κ2) is 15.0. The highest BCUT2D eigenvalue weighted by molar-refractivity contribution is 7.22. The van der Waals surface area contributed by atoms with Gasteiger partial charge < -0.3 is 4.57 Å². The van der Waals surface area contributed by atoms with Crippen LogP contribution in [0.5, 0.6) is 0 Å². The number of hydrogen-bond acceptors (Lipinski definition) is 3. The maximum atomic E-state index is 5.59. The minimum atomic E-state index is 0.648. The van der Waals surface area contributed by atoms with Crippen LogP contribution >= 0.6 is 11.3 Å². The highest BCUT2D eigenvalue weighted by atomic mass is 32.1. The van der Waals surface area contributed by atoms with Crippen molar-refractivity contribution in [3.63, 3.8) is 0 Å². The Morgan fingerprint density at radius 3 is 1.79 bits per heavy atom. The van der Waals surface area contributed by atoms with E-state index >= 15 is 0 Å². The van der Waals surface area contributed by atoms with Crippen molar-refractivity contribution in [1.29, 1.82) is 0 Å². The molecule has 14 rings (SSSR count). The fraction of sp³-hybridized carbons (Fsp3) is 0. The van der Waals surface area contributed by atoms with E-state index in [0.29, 0.717) is 5.95 Å². The Bertz CT molecular complexity index is 4250. The van der Waals surface area contributed by atoms with Crippen molar-refractivity contribution < 1.29 is 0 Å². The minimum Gasteiger partial charge on any atom is -0.309 e. The third-order valence-electron chi connectivity index (χ3n) is 13.6. The van der Waals surface area contributed by atoms with Gasteiger partial charge in [-0.1, -0.05) is 182 Å². The van der Waals surface area contributed by atoms with Gasteiger partial charge >= 0.3 is 0 Å². The molecule has 4 nitrogen and oxygen atoms in total. The van der Waals surface area contributed by atoms with Gasteiger partial charge in [0, 0.05) is 37.7 Å². The summed E-state index contributed by atoms with van der Waals surface area (Å²) in [4.78, 5) is 12.2. The molecule has 4 aromatic heterocycles. The summed E-state index contributed by atoms with van der Waals surface area (Å²) in [6, 6.07) is 83.3. The van der Waals surface area contributed by atoms with Crippen LogP contribution in [0, 0.1) is 0 Å². The summed E-state index contributed by atoms with van der Waals surface area (Å²) < 4.78 is 5.74. The van der Waals surface area contributed by atoms with Gasteiger partial charge in [0.05, 0.1) is 38.0 Å². The van der Waals surface area contributed by atoms with E-state index in [1.807, 2.05) is 0 Å². The molecule has 0 spiro atoms. The Labute approximate surface area is 389 Å². The van der Waals surface area contributed by atoms with Crippen molar-refractivity contribution in [3.05, 3.63) is 231 Å². The number of aromatic nitrogens is 4. The molecule has 0 saturated carbocycles. The molecule has 0 amide bonds. The summed E-state index contributed by atoms with van der Waals surface area (Å²) >= 11 is 1.75. The highest BCUT2D eigenvalue weighted by Gasteiger charge is 2.22. The zero-order valence-corrected chi connectivity index (χ0v) is 37.0. The van der Waals surface area contributed by atoms with Crippen LogP contribution in [0.15, 0.2) is 231 Å². The van der Waals surface area contributed by atoms with Gasteiger partial charge in [-0.25, -0.2) is 9.97 Å². The molecule has 67 heavy (non-hydrogen) atoms. The fourth-order valence-corrected chi connectivity index (χ4v) is 11.5. The van der Waals surface area contributed by atoms with Gasteiger partial charge in [0.15, 0.2) is 0 Å². The van der Waals surface area contributed by atoms with Gasteiger partial charge in [-0.15, -0.1) is 11.3 Å². The smallest absolute Gasteiger partial charge is 0.235 e. The molecule has 0 fully saturated rings. The first-order valence-electron chi connectivity index (χ1n) is 22.7. The van der Waals surface area contributed by atoms with Crippen LogP contribution in [0.3, 0.4) is 0 Å². The average molecular weight is 871 g/mol. The number of fused-ring (bicyclic) bond motifs is 10. The lowest BCUT2D eigenvalue weighted by Gasteiger charge is -2.11. The van der Waals surface area contributed by atoms with E-state index in [1.54, 1.807) is 11.3 Å². The second-order valence-corrected chi connectivity index (χ2v) is 18.4. The lowest BCUT2D eigenvalue weighted by molar-refractivity contribution is 1.02. The molecule has 0 aliphatic heterocycles. The predicted octanol–water partition coefficient (Wildman–Crippen LogP) is 16.9. The second-order valence-electron chi connectivity index (χ2n) is 17.3. The van der Waals surface area contributed by atoms with Crippen LogP contribution in [-0.4, -0.2) is 19.1 Å². The van der Waals surface area contributed by atoms with Gasteiger partial charge in [-0.2, -0.15) is 0 Å². The van der Waals surface area contributed by atoms with Crippen molar-refractivity contribution >= 4 is 86.7 Å².